The van der Waals surface area contributed by atoms with Gasteiger partial charge in [0.15, 0.2) is 0 Å². The normalized spacial score (nSPS) is 10.4. The molecule has 14 heavy (non-hydrogen) atoms. The van der Waals surface area contributed by atoms with Gasteiger partial charge in [-0.25, -0.2) is 0 Å². The number of anilines is 1. The minimum atomic E-state index is 0.0694. The molecule has 0 radical (unpaired) electrons. The van der Waals surface area contributed by atoms with Gasteiger partial charge >= 0.3 is 0 Å². The van der Waals surface area contributed by atoms with Crippen molar-refractivity contribution in [1.82, 2.24) is 0 Å². The van der Waals surface area contributed by atoms with Crippen LogP contribution in [-0.4, -0.2) is 7.05 Å². The molecule has 1 rings (SSSR count). The van der Waals surface area contributed by atoms with Gasteiger partial charge in [0.2, 0.25) is 5.43 Å². The molecular formula is C11H14INO. The molecule has 0 bridgehead atoms. The van der Waals surface area contributed by atoms with Crippen molar-refractivity contribution >= 4 is 28.3 Å². The van der Waals surface area contributed by atoms with Gasteiger partial charge in [0.1, 0.15) is 0 Å². The summed E-state index contributed by atoms with van der Waals surface area (Å²) in [5.74, 6) is 0.435. The van der Waals surface area contributed by atoms with E-state index in [0.717, 1.165) is 3.57 Å². The van der Waals surface area contributed by atoms with Crippen LogP contribution in [0.2, 0.25) is 0 Å². The topological polar surface area (TPSA) is 29.1 Å². The lowest BCUT2D eigenvalue weighted by atomic mass is 10.1. The van der Waals surface area contributed by atoms with E-state index in [1.807, 2.05) is 18.2 Å². The Morgan fingerprint density at radius 3 is 2.50 bits per heavy atom. The Kier molecular flexibility index (Phi) is 3.92. The van der Waals surface area contributed by atoms with Crippen molar-refractivity contribution in [2.45, 2.75) is 19.8 Å². The molecule has 1 N–H and O–H groups in total. The zero-order chi connectivity index (χ0) is 10.7. The fourth-order valence-electron chi connectivity index (χ4n) is 1.20. The first-order valence-electron chi connectivity index (χ1n) is 4.57. The van der Waals surface area contributed by atoms with E-state index in [2.05, 4.69) is 41.8 Å². The molecule has 0 aliphatic carbocycles. The zero-order valence-corrected chi connectivity index (χ0v) is 10.8. The summed E-state index contributed by atoms with van der Waals surface area (Å²) in [5.41, 5.74) is 1.91. The Morgan fingerprint density at radius 1 is 1.36 bits per heavy atom. The molecule has 0 unspecified atom stereocenters. The van der Waals surface area contributed by atoms with Gasteiger partial charge in [-0.1, -0.05) is 19.9 Å². The van der Waals surface area contributed by atoms with Gasteiger partial charge in [-0.2, -0.15) is 0 Å². The maximum atomic E-state index is 11.7. The van der Waals surface area contributed by atoms with E-state index in [9.17, 15) is 4.79 Å². The quantitative estimate of drug-likeness (QED) is 0.851. The monoisotopic (exact) mass is 303 g/mol. The molecule has 1 aromatic carbocycles. The third-order valence-corrected chi connectivity index (χ3v) is 2.98. The Labute approximate surface area is 97.9 Å². The van der Waals surface area contributed by atoms with E-state index >= 15 is 0 Å². The van der Waals surface area contributed by atoms with Gasteiger partial charge in [-0.15, -0.1) is 0 Å². The largest absolute Gasteiger partial charge is 0.385 e. The van der Waals surface area contributed by atoms with Crippen LogP contribution in [0.4, 0.5) is 5.69 Å². The number of hydrogen-bond donors (Lipinski definition) is 1. The fourth-order valence-corrected chi connectivity index (χ4v) is 1.67. The molecule has 2 nitrogen and oxygen atoms in total. The van der Waals surface area contributed by atoms with Crippen LogP contribution in [-0.2, 0) is 0 Å². The van der Waals surface area contributed by atoms with Gasteiger partial charge in [0.25, 0.3) is 0 Å². The van der Waals surface area contributed by atoms with Gasteiger partial charge < -0.3 is 5.32 Å². The van der Waals surface area contributed by atoms with Crippen molar-refractivity contribution in [3.63, 3.8) is 0 Å². The second-order valence-electron chi connectivity index (χ2n) is 3.47. The van der Waals surface area contributed by atoms with E-state index < -0.39 is 0 Å². The van der Waals surface area contributed by atoms with Crippen molar-refractivity contribution in [3.05, 3.63) is 37.6 Å². The molecule has 0 fully saturated rings. The summed E-state index contributed by atoms with van der Waals surface area (Å²) in [4.78, 5) is 11.7. The molecule has 0 spiro atoms. The smallest absolute Gasteiger partial charge is 0.214 e. The van der Waals surface area contributed by atoms with E-state index in [0.29, 0.717) is 11.6 Å². The predicted molar refractivity (Wildman–Crippen MR) is 69.1 cm³/mol. The number of nitrogens with one attached hydrogen (secondary N) is 1. The summed E-state index contributed by atoms with van der Waals surface area (Å²) in [7, 11) is 1.77. The van der Waals surface area contributed by atoms with Crippen LogP contribution in [0.5, 0.6) is 0 Å². The molecule has 0 aliphatic rings. The second kappa shape index (κ2) is 4.77. The van der Waals surface area contributed by atoms with Crippen LogP contribution in [0, 0.1) is 3.57 Å². The van der Waals surface area contributed by atoms with Crippen LogP contribution >= 0.6 is 22.6 Å². The molecule has 0 atom stereocenters. The minimum Gasteiger partial charge on any atom is -0.385 e. The predicted octanol–water partition coefficient (Wildman–Crippen LogP) is 2.82. The maximum absolute atomic E-state index is 11.7. The summed E-state index contributed by atoms with van der Waals surface area (Å²) in [6.45, 7) is 4.23. The highest BCUT2D eigenvalue weighted by Crippen LogP contribution is 2.16. The first-order chi connectivity index (χ1) is 6.56. The van der Waals surface area contributed by atoms with Gasteiger partial charge in [-0.05, 0) is 46.2 Å². The van der Waals surface area contributed by atoms with Crippen LogP contribution in [0.25, 0.3) is 0 Å². The highest BCUT2D eigenvalue weighted by molar-refractivity contribution is 14.1. The Hall–Kier alpha value is -0.580. The summed E-state index contributed by atoms with van der Waals surface area (Å²) < 4.78 is 0.749. The minimum absolute atomic E-state index is 0.0694. The number of rotatable bonds is 2. The van der Waals surface area contributed by atoms with E-state index in [1.54, 1.807) is 7.05 Å². The lowest BCUT2D eigenvalue weighted by Crippen LogP contribution is -2.07. The third kappa shape index (κ3) is 2.47. The first kappa shape index (κ1) is 11.5. The Bertz CT molecular complexity index is 388. The van der Waals surface area contributed by atoms with Crippen molar-refractivity contribution in [2.75, 3.05) is 12.4 Å². The molecule has 0 saturated heterocycles. The van der Waals surface area contributed by atoms with Crippen molar-refractivity contribution in [2.24, 2.45) is 0 Å². The molecule has 0 amide bonds. The summed E-state index contributed by atoms with van der Waals surface area (Å²) in [6.07, 6.45) is 0. The lowest BCUT2D eigenvalue weighted by molar-refractivity contribution is 0.868. The van der Waals surface area contributed by atoms with Gasteiger partial charge in [-0.3, -0.25) is 4.79 Å². The highest BCUT2D eigenvalue weighted by Gasteiger charge is 2.03. The summed E-state index contributed by atoms with van der Waals surface area (Å²) >= 11 is 2.07. The van der Waals surface area contributed by atoms with Crippen LogP contribution in [0.15, 0.2) is 23.0 Å². The highest BCUT2D eigenvalue weighted by atomic mass is 127. The molecule has 0 aromatic heterocycles. The van der Waals surface area contributed by atoms with Crippen molar-refractivity contribution < 1.29 is 0 Å². The molecular weight excluding hydrogens is 289 g/mol. The molecule has 0 aliphatic heterocycles. The SMILES string of the molecule is CNc1cc(C(C)C)ccc(I)c1=O. The number of halogens is 1. The van der Waals surface area contributed by atoms with Crippen molar-refractivity contribution in [1.29, 1.82) is 0 Å². The average molecular weight is 303 g/mol. The van der Waals surface area contributed by atoms with Crippen molar-refractivity contribution in [3.8, 4) is 0 Å². The Morgan fingerprint density at radius 2 is 2.00 bits per heavy atom. The Balaban J connectivity index is 3.44. The fraction of sp³-hybridized carbons (Fsp3) is 0.364. The second-order valence-corrected chi connectivity index (χ2v) is 4.64. The van der Waals surface area contributed by atoms with Crippen LogP contribution in [0.1, 0.15) is 25.3 Å². The molecule has 3 heteroatoms. The van der Waals surface area contributed by atoms with E-state index in [-0.39, 0.29) is 5.43 Å². The molecule has 76 valence electrons. The van der Waals surface area contributed by atoms with E-state index in [4.69, 9.17) is 0 Å². The molecule has 0 heterocycles. The summed E-state index contributed by atoms with van der Waals surface area (Å²) in [5, 5.41) is 2.93. The molecule has 1 aromatic rings. The zero-order valence-electron chi connectivity index (χ0n) is 8.60. The molecule has 0 saturated carbocycles. The summed E-state index contributed by atoms with van der Waals surface area (Å²) in [6, 6.07) is 5.81. The van der Waals surface area contributed by atoms with Gasteiger partial charge in [0.05, 0.1) is 9.26 Å². The van der Waals surface area contributed by atoms with Crippen LogP contribution < -0.4 is 10.7 Å². The maximum Gasteiger partial charge on any atom is 0.214 e. The van der Waals surface area contributed by atoms with Crippen LogP contribution in [0.3, 0.4) is 0 Å². The standard InChI is InChI=1S/C11H14INO/c1-7(2)8-4-5-9(12)11(14)10(6-8)13-3/h4-7H,1-3H3,(H,13,14). The number of hydrogen-bond acceptors (Lipinski definition) is 2. The van der Waals surface area contributed by atoms with Gasteiger partial charge in [0, 0.05) is 7.05 Å². The lowest BCUT2D eigenvalue weighted by Gasteiger charge is -2.02. The average Bonchev–Trinajstić information content (AvgIpc) is 2.28. The van der Waals surface area contributed by atoms with E-state index in [1.165, 1.54) is 5.56 Å². The first-order valence-corrected chi connectivity index (χ1v) is 5.65. The third-order valence-electron chi connectivity index (χ3n) is 2.13.